The van der Waals surface area contributed by atoms with Crippen molar-refractivity contribution >= 4 is 29.2 Å². The van der Waals surface area contributed by atoms with E-state index in [1.54, 1.807) is 11.0 Å². The highest BCUT2D eigenvalue weighted by atomic mass is 16.2. The van der Waals surface area contributed by atoms with Gasteiger partial charge in [-0.25, -0.2) is 4.79 Å². The number of fused-ring (bicyclic) bond motifs is 1. The quantitative estimate of drug-likeness (QED) is 0.823. The number of hydrogen-bond donors (Lipinski definition) is 2. The highest BCUT2D eigenvalue weighted by Gasteiger charge is 2.33. The van der Waals surface area contributed by atoms with Gasteiger partial charge in [-0.15, -0.1) is 0 Å². The van der Waals surface area contributed by atoms with Crippen molar-refractivity contribution < 1.29 is 14.4 Å². The Morgan fingerprint density at radius 3 is 2.85 bits per heavy atom. The fraction of sp³-hybridized carbons (Fsp3) is 0.500. The van der Waals surface area contributed by atoms with Crippen molar-refractivity contribution in [1.29, 1.82) is 0 Å². The van der Waals surface area contributed by atoms with Crippen LogP contribution in [0.5, 0.6) is 0 Å². The van der Waals surface area contributed by atoms with E-state index < -0.39 is 0 Å². The number of rotatable bonds is 3. The molecule has 4 amide bonds. The summed E-state index contributed by atoms with van der Waals surface area (Å²) in [5.74, 6) is -0.263. The standard InChI is InChI=1S/C18H23N5O3/c24-16-11-23(15-6-2-1-5-14(15)20-16)17(25)12-21-8-3-4-13(10-21)22-9-7-19-18(22)26/h1-2,5-6,13H,3-4,7-12H2,(H,19,26)(H,20,24). The Labute approximate surface area is 152 Å². The first kappa shape index (κ1) is 16.8. The summed E-state index contributed by atoms with van der Waals surface area (Å²) in [5, 5.41) is 5.64. The Morgan fingerprint density at radius 1 is 1.19 bits per heavy atom. The van der Waals surface area contributed by atoms with Crippen LogP contribution in [0.2, 0.25) is 0 Å². The predicted octanol–water partition coefficient (Wildman–Crippen LogP) is 0.461. The molecule has 1 atom stereocenters. The minimum absolute atomic E-state index is 0.00944. The van der Waals surface area contributed by atoms with Gasteiger partial charge in [-0.3, -0.25) is 19.4 Å². The molecule has 0 spiro atoms. The molecule has 3 aliphatic rings. The number of nitrogens with one attached hydrogen (secondary N) is 2. The summed E-state index contributed by atoms with van der Waals surface area (Å²) in [4.78, 5) is 42.2. The first-order chi connectivity index (χ1) is 12.6. The molecule has 4 rings (SSSR count). The van der Waals surface area contributed by atoms with Crippen LogP contribution in [0, 0.1) is 0 Å². The van der Waals surface area contributed by atoms with Gasteiger partial charge in [0.25, 0.3) is 0 Å². The van der Waals surface area contributed by atoms with Gasteiger partial charge in [-0.2, -0.15) is 0 Å². The smallest absolute Gasteiger partial charge is 0.317 e. The van der Waals surface area contributed by atoms with Gasteiger partial charge >= 0.3 is 6.03 Å². The summed E-state index contributed by atoms with van der Waals surface area (Å²) in [5.41, 5.74) is 1.41. The Morgan fingerprint density at radius 2 is 2.04 bits per heavy atom. The molecule has 26 heavy (non-hydrogen) atoms. The van der Waals surface area contributed by atoms with Crippen molar-refractivity contribution in [3.63, 3.8) is 0 Å². The number of anilines is 2. The minimum atomic E-state index is -0.178. The van der Waals surface area contributed by atoms with Crippen LogP contribution in [-0.2, 0) is 9.59 Å². The summed E-state index contributed by atoms with van der Waals surface area (Å²) < 4.78 is 0. The third kappa shape index (κ3) is 3.24. The van der Waals surface area contributed by atoms with Gasteiger partial charge < -0.3 is 15.5 Å². The number of likely N-dealkylation sites (tertiary alicyclic amines) is 1. The number of benzene rings is 1. The molecule has 138 valence electrons. The first-order valence-electron chi connectivity index (χ1n) is 9.08. The Hall–Kier alpha value is -2.61. The lowest BCUT2D eigenvalue weighted by Gasteiger charge is -2.38. The fourth-order valence-corrected chi connectivity index (χ4v) is 4.00. The number of piperidine rings is 1. The monoisotopic (exact) mass is 357 g/mol. The van der Waals surface area contributed by atoms with Crippen LogP contribution in [0.15, 0.2) is 24.3 Å². The number of nitrogens with zero attached hydrogens (tertiary/aromatic N) is 3. The molecule has 3 aliphatic heterocycles. The van der Waals surface area contributed by atoms with Crippen LogP contribution in [-0.4, -0.2) is 73.0 Å². The molecule has 2 fully saturated rings. The molecule has 8 heteroatoms. The van der Waals surface area contributed by atoms with Crippen molar-refractivity contribution in [3.8, 4) is 0 Å². The van der Waals surface area contributed by atoms with Crippen molar-refractivity contribution in [1.82, 2.24) is 15.1 Å². The van der Waals surface area contributed by atoms with E-state index >= 15 is 0 Å². The zero-order valence-corrected chi connectivity index (χ0v) is 14.6. The van der Waals surface area contributed by atoms with Crippen LogP contribution in [0.3, 0.4) is 0 Å². The molecule has 1 aromatic carbocycles. The van der Waals surface area contributed by atoms with Gasteiger partial charge in [0.15, 0.2) is 0 Å². The first-order valence-corrected chi connectivity index (χ1v) is 9.08. The van der Waals surface area contributed by atoms with Gasteiger partial charge in [0.2, 0.25) is 11.8 Å². The Kier molecular flexibility index (Phi) is 4.50. The van der Waals surface area contributed by atoms with Crippen LogP contribution < -0.4 is 15.5 Å². The summed E-state index contributed by atoms with van der Waals surface area (Å²) in [6.07, 6.45) is 1.92. The molecule has 2 N–H and O–H groups in total. The second-order valence-corrected chi connectivity index (χ2v) is 7.00. The van der Waals surface area contributed by atoms with E-state index in [0.29, 0.717) is 18.8 Å². The van der Waals surface area contributed by atoms with Gasteiger partial charge in [0.05, 0.1) is 17.9 Å². The SMILES string of the molecule is O=C1CN(C(=O)CN2CCCC(N3CCNC3=O)C2)c2ccccc2N1. The van der Waals surface area contributed by atoms with Gasteiger partial charge in [0.1, 0.15) is 6.54 Å². The van der Waals surface area contributed by atoms with E-state index in [9.17, 15) is 14.4 Å². The number of carbonyl (C=O) groups excluding carboxylic acids is 3. The van der Waals surface area contributed by atoms with Crippen LogP contribution in [0.1, 0.15) is 12.8 Å². The number of amides is 4. The molecule has 1 aromatic rings. The van der Waals surface area contributed by atoms with E-state index in [4.69, 9.17) is 0 Å². The molecule has 0 aliphatic carbocycles. The maximum Gasteiger partial charge on any atom is 0.317 e. The highest BCUT2D eigenvalue weighted by Crippen LogP contribution is 2.29. The number of para-hydroxylation sites is 2. The Balaban J connectivity index is 1.43. The third-order valence-corrected chi connectivity index (χ3v) is 5.24. The normalized spacial score (nSPS) is 23.5. The van der Waals surface area contributed by atoms with Crippen molar-refractivity contribution in [2.75, 3.05) is 49.5 Å². The van der Waals surface area contributed by atoms with E-state index in [1.165, 1.54) is 0 Å². The minimum Gasteiger partial charge on any atom is -0.336 e. The van der Waals surface area contributed by atoms with E-state index in [0.717, 1.165) is 31.6 Å². The average Bonchev–Trinajstić information content (AvgIpc) is 3.07. The lowest BCUT2D eigenvalue weighted by atomic mass is 10.0. The van der Waals surface area contributed by atoms with Gasteiger partial charge in [0, 0.05) is 25.7 Å². The lowest BCUT2D eigenvalue weighted by molar-refractivity contribution is -0.123. The molecule has 0 saturated carbocycles. The molecule has 0 aromatic heterocycles. The summed E-state index contributed by atoms with van der Waals surface area (Å²) in [6.45, 7) is 3.24. The largest absolute Gasteiger partial charge is 0.336 e. The van der Waals surface area contributed by atoms with E-state index in [-0.39, 0.29) is 37.0 Å². The summed E-state index contributed by atoms with van der Waals surface area (Å²) >= 11 is 0. The lowest BCUT2D eigenvalue weighted by Crippen LogP contribution is -2.52. The number of urea groups is 1. The third-order valence-electron chi connectivity index (χ3n) is 5.24. The zero-order chi connectivity index (χ0) is 18.1. The van der Waals surface area contributed by atoms with E-state index in [1.807, 2.05) is 23.1 Å². The number of hydrogen-bond acceptors (Lipinski definition) is 4. The summed E-state index contributed by atoms with van der Waals surface area (Å²) in [7, 11) is 0. The van der Waals surface area contributed by atoms with Crippen LogP contribution >= 0.6 is 0 Å². The molecular weight excluding hydrogens is 334 g/mol. The van der Waals surface area contributed by atoms with Crippen molar-refractivity contribution in [2.24, 2.45) is 0 Å². The molecule has 8 nitrogen and oxygen atoms in total. The molecule has 3 heterocycles. The van der Waals surface area contributed by atoms with Gasteiger partial charge in [-0.05, 0) is 31.5 Å². The average molecular weight is 357 g/mol. The maximum atomic E-state index is 12.9. The Bertz CT molecular complexity index is 737. The second kappa shape index (κ2) is 6.95. The van der Waals surface area contributed by atoms with Gasteiger partial charge in [-0.1, -0.05) is 12.1 Å². The summed E-state index contributed by atoms with van der Waals surface area (Å²) in [6, 6.07) is 7.49. The molecular formula is C18H23N5O3. The molecule has 1 unspecified atom stereocenters. The van der Waals surface area contributed by atoms with Crippen LogP contribution in [0.4, 0.5) is 16.2 Å². The van der Waals surface area contributed by atoms with Crippen molar-refractivity contribution in [3.05, 3.63) is 24.3 Å². The van der Waals surface area contributed by atoms with Crippen LogP contribution in [0.25, 0.3) is 0 Å². The number of carbonyl (C=O) groups is 3. The second-order valence-electron chi connectivity index (χ2n) is 7.00. The zero-order valence-electron chi connectivity index (χ0n) is 14.6. The predicted molar refractivity (Wildman–Crippen MR) is 97.0 cm³/mol. The topological polar surface area (TPSA) is 85.0 Å². The van der Waals surface area contributed by atoms with Crippen molar-refractivity contribution in [2.45, 2.75) is 18.9 Å². The highest BCUT2D eigenvalue weighted by molar-refractivity contribution is 6.10. The maximum absolute atomic E-state index is 12.9. The fourth-order valence-electron chi connectivity index (χ4n) is 4.00. The molecule has 0 radical (unpaired) electrons. The molecule has 0 bridgehead atoms. The molecule has 2 saturated heterocycles. The van der Waals surface area contributed by atoms with E-state index in [2.05, 4.69) is 15.5 Å².